The first kappa shape index (κ1) is 24.1. The van der Waals surface area contributed by atoms with Gasteiger partial charge < -0.3 is 14.3 Å². The maximum Gasteiger partial charge on any atom is 0.474 e. The molecule has 2 aliphatic heterocycles. The molecule has 0 amide bonds. The molecule has 0 N–H and O–H groups in total. The number of hydrogen-bond donors (Lipinski definition) is 0. The number of rotatable bonds is 12. The Kier molecular flexibility index (Phi) is 8.29. The topological polar surface area (TPSA) is 113 Å². The van der Waals surface area contributed by atoms with Crippen molar-refractivity contribution in [1.29, 1.82) is 0 Å². The molecule has 1 atom stereocenters. The van der Waals surface area contributed by atoms with Crippen molar-refractivity contribution in [1.82, 2.24) is 19.5 Å². The summed E-state index contributed by atoms with van der Waals surface area (Å²) in [5, 5.41) is 4.27. The van der Waals surface area contributed by atoms with E-state index in [2.05, 4.69) is 25.0 Å². The largest absolute Gasteiger partial charge is 0.474 e. The van der Waals surface area contributed by atoms with E-state index in [1.165, 1.54) is 19.3 Å². The Morgan fingerprint density at radius 1 is 1.09 bits per heavy atom. The molecule has 11 nitrogen and oxygen atoms in total. The highest BCUT2D eigenvalue weighted by Crippen LogP contribution is 2.49. The van der Waals surface area contributed by atoms with Crippen LogP contribution in [0.1, 0.15) is 52.4 Å². The summed E-state index contributed by atoms with van der Waals surface area (Å²) in [5.74, 6) is 0.914. The Balaban J connectivity index is 1.28. The molecule has 0 radical (unpaired) electrons. The lowest BCUT2D eigenvalue weighted by Gasteiger charge is -2.27. The van der Waals surface area contributed by atoms with Gasteiger partial charge in [0, 0.05) is 19.5 Å². The van der Waals surface area contributed by atoms with Gasteiger partial charge in [0.25, 0.3) is 0 Å². The highest BCUT2D eigenvalue weighted by atomic mass is 31.2. The van der Waals surface area contributed by atoms with Crippen LogP contribution in [0.15, 0.2) is 17.8 Å². The molecule has 182 valence electrons. The number of phosphoric acid groups is 1. The molecule has 4 rings (SSSR count). The number of hydrogen-bond acceptors (Lipinski definition) is 10. The molecule has 0 spiro atoms. The Labute approximate surface area is 194 Å². The van der Waals surface area contributed by atoms with E-state index in [4.69, 9.17) is 18.4 Å². The average Bonchev–Trinajstić information content (AvgIpc) is 3.45. The van der Waals surface area contributed by atoms with Crippen molar-refractivity contribution in [2.75, 3.05) is 37.8 Å². The minimum atomic E-state index is -3.46. The van der Waals surface area contributed by atoms with Crippen molar-refractivity contribution in [2.45, 2.75) is 65.0 Å². The Morgan fingerprint density at radius 2 is 1.88 bits per heavy atom. The van der Waals surface area contributed by atoms with Crippen molar-refractivity contribution in [2.24, 2.45) is 5.16 Å². The fraction of sp³-hybridized carbons (Fsp3) is 0.714. The van der Waals surface area contributed by atoms with Gasteiger partial charge in [-0.2, -0.15) is 0 Å². The van der Waals surface area contributed by atoms with Gasteiger partial charge in [0.05, 0.1) is 38.4 Å². The van der Waals surface area contributed by atoms with Crippen molar-refractivity contribution < 1.29 is 23.0 Å². The second-order valence-corrected chi connectivity index (χ2v) is 9.81. The molecule has 0 aliphatic carbocycles. The van der Waals surface area contributed by atoms with Crippen LogP contribution < -0.4 is 4.90 Å². The molecule has 2 aliphatic rings. The fourth-order valence-electron chi connectivity index (χ4n) is 4.17. The normalized spacial score (nSPS) is 19.2. The summed E-state index contributed by atoms with van der Waals surface area (Å²) in [5.41, 5.74) is 2.58. The van der Waals surface area contributed by atoms with Gasteiger partial charge in [-0.1, -0.05) is 5.16 Å². The Bertz CT molecular complexity index is 983. The second kappa shape index (κ2) is 11.4. The summed E-state index contributed by atoms with van der Waals surface area (Å²) in [4.78, 5) is 21.5. The molecular formula is C21H33N6O5P. The maximum atomic E-state index is 12.3. The molecule has 0 aromatic carbocycles. The number of phosphoric ester groups is 1. The number of fused-ring (bicyclic) bond motifs is 1. The lowest BCUT2D eigenvalue weighted by atomic mass is 10.1. The number of nitrogens with zero attached hydrogens (tertiary/aromatic N) is 6. The monoisotopic (exact) mass is 480 g/mol. The van der Waals surface area contributed by atoms with E-state index in [0.29, 0.717) is 13.0 Å². The van der Waals surface area contributed by atoms with Gasteiger partial charge in [-0.15, -0.1) is 0 Å². The third-order valence-electron chi connectivity index (χ3n) is 5.68. The fourth-order valence-corrected chi connectivity index (χ4v) is 5.38. The first-order valence-corrected chi connectivity index (χ1v) is 13.2. The van der Waals surface area contributed by atoms with E-state index in [1.807, 2.05) is 4.57 Å². The lowest BCUT2D eigenvalue weighted by Crippen LogP contribution is -2.30. The molecule has 1 unspecified atom stereocenters. The molecule has 1 fully saturated rings. The van der Waals surface area contributed by atoms with Gasteiger partial charge in [-0.3, -0.25) is 13.6 Å². The zero-order valence-electron chi connectivity index (χ0n) is 19.4. The summed E-state index contributed by atoms with van der Waals surface area (Å²) < 4.78 is 30.0. The molecule has 4 heterocycles. The molecule has 0 bridgehead atoms. The predicted molar refractivity (Wildman–Crippen MR) is 124 cm³/mol. The standard InChI is InChI=1S/C21H33N6O5P/c1-3-29-33(28,30-4-2)31-12-8-9-18-13-17(25-32-18)14-27-16-24-19-20(22-15-23-21(19)27)26-10-6-5-7-11-26/h15-16,18H,3-14H2,1-2H3. The van der Waals surface area contributed by atoms with Crippen molar-refractivity contribution in [3.8, 4) is 0 Å². The highest BCUT2D eigenvalue weighted by molar-refractivity contribution is 7.48. The van der Waals surface area contributed by atoms with Crippen LogP contribution in [0.25, 0.3) is 11.2 Å². The van der Waals surface area contributed by atoms with E-state index >= 15 is 0 Å². The number of oxime groups is 1. The summed E-state index contributed by atoms with van der Waals surface area (Å²) in [6, 6.07) is 0. The average molecular weight is 481 g/mol. The van der Waals surface area contributed by atoms with Crippen LogP contribution in [0.4, 0.5) is 5.82 Å². The van der Waals surface area contributed by atoms with Crippen LogP contribution in [0.5, 0.6) is 0 Å². The van der Waals surface area contributed by atoms with E-state index in [1.54, 1.807) is 26.5 Å². The maximum absolute atomic E-state index is 12.3. The van der Waals surface area contributed by atoms with Crippen LogP contribution in [-0.4, -0.2) is 64.2 Å². The van der Waals surface area contributed by atoms with Gasteiger partial charge in [-0.25, -0.2) is 19.5 Å². The summed E-state index contributed by atoms with van der Waals surface area (Å²) in [7, 11) is -3.46. The molecule has 2 aromatic heterocycles. The molecule has 33 heavy (non-hydrogen) atoms. The Hall–Kier alpha value is -2.07. The lowest BCUT2D eigenvalue weighted by molar-refractivity contribution is 0.0690. The van der Waals surface area contributed by atoms with Gasteiger partial charge in [-0.05, 0) is 46.0 Å². The minimum Gasteiger partial charge on any atom is -0.392 e. The van der Waals surface area contributed by atoms with E-state index in [0.717, 1.165) is 48.6 Å². The molecule has 1 saturated heterocycles. The zero-order chi connectivity index (χ0) is 23.1. The van der Waals surface area contributed by atoms with Crippen LogP contribution in [-0.2, 0) is 29.5 Å². The second-order valence-electron chi connectivity index (χ2n) is 8.14. The van der Waals surface area contributed by atoms with Crippen LogP contribution in [0.3, 0.4) is 0 Å². The predicted octanol–water partition coefficient (Wildman–Crippen LogP) is 3.94. The number of imidazole rings is 1. The Morgan fingerprint density at radius 3 is 2.64 bits per heavy atom. The first-order valence-electron chi connectivity index (χ1n) is 11.8. The van der Waals surface area contributed by atoms with Crippen LogP contribution in [0, 0.1) is 0 Å². The van der Waals surface area contributed by atoms with E-state index in [9.17, 15) is 4.57 Å². The van der Waals surface area contributed by atoms with Gasteiger partial charge in [0.1, 0.15) is 12.4 Å². The number of anilines is 1. The quantitative estimate of drug-likeness (QED) is 0.329. The molecule has 12 heteroatoms. The third-order valence-corrected chi connectivity index (χ3v) is 7.33. The summed E-state index contributed by atoms with van der Waals surface area (Å²) in [6.07, 6.45) is 9.13. The minimum absolute atomic E-state index is 0.0319. The molecule has 2 aromatic rings. The first-order chi connectivity index (χ1) is 16.1. The molecular weight excluding hydrogens is 447 g/mol. The highest BCUT2D eigenvalue weighted by Gasteiger charge is 2.26. The zero-order valence-corrected chi connectivity index (χ0v) is 20.3. The number of piperidine rings is 1. The summed E-state index contributed by atoms with van der Waals surface area (Å²) in [6.45, 7) is 6.92. The van der Waals surface area contributed by atoms with E-state index < -0.39 is 7.82 Å². The smallest absolute Gasteiger partial charge is 0.392 e. The molecule has 0 saturated carbocycles. The SMILES string of the molecule is CCOP(=O)(OCC)OCCCC1CC(Cn2cnc3c(N4CCCCC4)ncnc32)=NO1. The van der Waals surface area contributed by atoms with Crippen LogP contribution in [0.2, 0.25) is 0 Å². The number of aromatic nitrogens is 4. The summed E-state index contributed by atoms with van der Waals surface area (Å²) >= 11 is 0. The van der Waals surface area contributed by atoms with Gasteiger partial charge in [0.2, 0.25) is 0 Å². The third kappa shape index (κ3) is 6.09. The van der Waals surface area contributed by atoms with Crippen molar-refractivity contribution in [3.63, 3.8) is 0 Å². The van der Waals surface area contributed by atoms with Gasteiger partial charge in [0.15, 0.2) is 17.0 Å². The van der Waals surface area contributed by atoms with Gasteiger partial charge >= 0.3 is 7.82 Å². The van der Waals surface area contributed by atoms with E-state index in [-0.39, 0.29) is 25.9 Å². The van der Waals surface area contributed by atoms with Crippen molar-refractivity contribution in [3.05, 3.63) is 12.7 Å². The van der Waals surface area contributed by atoms with Crippen LogP contribution >= 0.6 is 7.82 Å². The van der Waals surface area contributed by atoms with Crippen molar-refractivity contribution >= 4 is 30.5 Å².